The summed E-state index contributed by atoms with van der Waals surface area (Å²) in [5.41, 5.74) is 0.464. The average molecular weight is 319 g/mol. The van der Waals surface area contributed by atoms with Crippen LogP contribution in [0.4, 0.5) is 0 Å². The lowest BCUT2D eigenvalue weighted by atomic mass is 10.1. The minimum atomic E-state index is -0.207. The molecule has 7 heteroatoms. The quantitative estimate of drug-likeness (QED) is 0.760. The fourth-order valence-electron chi connectivity index (χ4n) is 2.13. The summed E-state index contributed by atoms with van der Waals surface area (Å²) >= 11 is 0. The topological polar surface area (TPSA) is 85.6 Å². The van der Waals surface area contributed by atoms with E-state index in [9.17, 15) is 4.79 Å². The number of hydrogen-bond acceptors (Lipinski definition) is 5. The molecule has 0 bridgehead atoms. The fourth-order valence-corrected chi connectivity index (χ4v) is 2.13. The number of aromatic nitrogens is 2. The molecule has 1 atom stereocenters. The molecule has 7 nitrogen and oxygen atoms in total. The van der Waals surface area contributed by atoms with Gasteiger partial charge in [0.05, 0.1) is 20.3 Å². The van der Waals surface area contributed by atoms with Gasteiger partial charge >= 0.3 is 0 Å². The van der Waals surface area contributed by atoms with E-state index in [1.807, 2.05) is 19.2 Å². The minimum absolute atomic E-state index is 0.0775. The Morgan fingerprint density at radius 1 is 1.43 bits per heavy atom. The lowest BCUT2D eigenvalue weighted by molar-refractivity contribution is 0.0935. The molecule has 23 heavy (non-hydrogen) atoms. The van der Waals surface area contributed by atoms with Crippen molar-refractivity contribution in [3.63, 3.8) is 0 Å². The van der Waals surface area contributed by atoms with Crippen LogP contribution in [0.25, 0.3) is 0 Å². The molecule has 0 unspecified atom stereocenters. The minimum Gasteiger partial charge on any atom is -0.493 e. The second-order valence-corrected chi connectivity index (χ2v) is 5.04. The van der Waals surface area contributed by atoms with E-state index in [1.54, 1.807) is 29.1 Å². The molecular weight excluding hydrogens is 298 g/mol. The maximum atomic E-state index is 12.3. The van der Waals surface area contributed by atoms with Crippen LogP contribution in [-0.4, -0.2) is 47.2 Å². The maximum absolute atomic E-state index is 12.3. The van der Waals surface area contributed by atoms with Gasteiger partial charge in [0.2, 0.25) is 0 Å². The molecule has 0 fully saturated rings. The molecule has 2 rings (SSSR count). The Bertz CT molecular complexity index is 628. The number of carbonyl (C=O) groups is 1. The molecule has 1 aromatic carbocycles. The Morgan fingerprint density at radius 2 is 2.26 bits per heavy atom. The van der Waals surface area contributed by atoms with Gasteiger partial charge in [0.1, 0.15) is 6.61 Å². The first-order chi connectivity index (χ1) is 11.1. The van der Waals surface area contributed by atoms with Gasteiger partial charge in [0, 0.05) is 24.0 Å². The summed E-state index contributed by atoms with van der Waals surface area (Å²) in [4.78, 5) is 12.3. The number of rotatable bonds is 8. The van der Waals surface area contributed by atoms with Gasteiger partial charge in [0.25, 0.3) is 5.91 Å². The first-order valence-corrected chi connectivity index (χ1v) is 7.34. The van der Waals surface area contributed by atoms with Crippen LogP contribution in [0.15, 0.2) is 36.7 Å². The third-order valence-corrected chi connectivity index (χ3v) is 3.17. The molecule has 0 saturated heterocycles. The molecule has 2 aromatic rings. The molecule has 0 aliphatic heterocycles. The molecule has 0 spiro atoms. The third-order valence-electron chi connectivity index (χ3n) is 3.17. The number of ether oxygens (including phenoxy) is 2. The van der Waals surface area contributed by atoms with Gasteiger partial charge in [-0.05, 0) is 31.2 Å². The Labute approximate surface area is 134 Å². The smallest absolute Gasteiger partial charge is 0.251 e. The zero-order valence-electron chi connectivity index (χ0n) is 13.2. The average Bonchev–Trinajstić information content (AvgIpc) is 3.05. The Balaban J connectivity index is 2.03. The second kappa shape index (κ2) is 8.19. The number of aliphatic hydroxyl groups excluding tert-OH is 1. The van der Waals surface area contributed by atoms with Crippen molar-refractivity contribution in [2.24, 2.45) is 0 Å². The SMILES string of the molecule is COc1ccc(C(=O)N[C@H](C)Cn2cccn2)cc1OCCO. The van der Waals surface area contributed by atoms with E-state index >= 15 is 0 Å². The predicted molar refractivity (Wildman–Crippen MR) is 84.7 cm³/mol. The van der Waals surface area contributed by atoms with E-state index in [2.05, 4.69) is 10.4 Å². The van der Waals surface area contributed by atoms with Crippen LogP contribution in [0.2, 0.25) is 0 Å². The monoisotopic (exact) mass is 319 g/mol. The Morgan fingerprint density at radius 3 is 2.91 bits per heavy atom. The lowest BCUT2D eigenvalue weighted by Gasteiger charge is -2.15. The summed E-state index contributed by atoms with van der Waals surface area (Å²) in [6.07, 6.45) is 3.54. The summed E-state index contributed by atoms with van der Waals surface area (Å²) in [5.74, 6) is 0.731. The van der Waals surface area contributed by atoms with Crippen LogP contribution < -0.4 is 14.8 Å². The van der Waals surface area contributed by atoms with Crippen LogP contribution >= 0.6 is 0 Å². The van der Waals surface area contributed by atoms with Crippen molar-refractivity contribution in [3.8, 4) is 11.5 Å². The van der Waals surface area contributed by atoms with Crippen molar-refractivity contribution in [1.82, 2.24) is 15.1 Å². The molecule has 1 heterocycles. The van der Waals surface area contributed by atoms with E-state index in [0.717, 1.165) is 0 Å². The van der Waals surface area contributed by atoms with Crippen molar-refractivity contribution in [2.75, 3.05) is 20.3 Å². The van der Waals surface area contributed by atoms with Crippen LogP contribution in [-0.2, 0) is 6.54 Å². The molecule has 124 valence electrons. The number of carbonyl (C=O) groups excluding carboxylic acids is 1. The van der Waals surface area contributed by atoms with Crippen molar-refractivity contribution in [1.29, 1.82) is 0 Å². The zero-order valence-corrected chi connectivity index (χ0v) is 13.2. The number of nitrogens with one attached hydrogen (secondary N) is 1. The summed E-state index contributed by atoms with van der Waals surface area (Å²) in [5, 5.41) is 15.9. The van der Waals surface area contributed by atoms with Gasteiger partial charge in [-0.15, -0.1) is 0 Å². The second-order valence-electron chi connectivity index (χ2n) is 5.04. The predicted octanol–water partition coefficient (Wildman–Crippen LogP) is 1.08. The van der Waals surface area contributed by atoms with Gasteiger partial charge in [-0.2, -0.15) is 5.10 Å². The number of hydrogen-bond donors (Lipinski definition) is 2. The van der Waals surface area contributed by atoms with E-state index in [4.69, 9.17) is 14.6 Å². The van der Waals surface area contributed by atoms with E-state index in [-0.39, 0.29) is 25.2 Å². The van der Waals surface area contributed by atoms with Crippen molar-refractivity contribution in [2.45, 2.75) is 19.5 Å². The summed E-state index contributed by atoms with van der Waals surface area (Å²) < 4.78 is 12.3. The highest BCUT2D eigenvalue weighted by Gasteiger charge is 2.14. The number of benzene rings is 1. The number of amides is 1. The molecule has 1 amide bonds. The maximum Gasteiger partial charge on any atom is 0.251 e. The van der Waals surface area contributed by atoms with Crippen LogP contribution in [0.5, 0.6) is 11.5 Å². The summed E-state index contributed by atoms with van der Waals surface area (Å²) in [7, 11) is 1.52. The fraction of sp³-hybridized carbons (Fsp3) is 0.375. The summed E-state index contributed by atoms with van der Waals surface area (Å²) in [6, 6.07) is 6.69. The van der Waals surface area contributed by atoms with Gasteiger partial charge in [-0.3, -0.25) is 9.48 Å². The molecule has 1 aromatic heterocycles. The van der Waals surface area contributed by atoms with E-state index in [1.165, 1.54) is 7.11 Å². The van der Waals surface area contributed by atoms with Gasteiger partial charge in [-0.1, -0.05) is 0 Å². The molecule has 0 aliphatic rings. The zero-order chi connectivity index (χ0) is 16.7. The highest BCUT2D eigenvalue weighted by atomic mass is 16.5. The molecule has 0 radical (unpaired) electrons. The van der Waals surface area contributed by atoms with E-state index in [0.29, 0.717) is 23.6 Å². The normalized spacial score (nSPS) is 11.8. The van der Waals surface area contributed by atoms with E-state index < -0.39 is 0 Å². The van der Waals surface area contributed by atoms with Gasteiger partial charge < -0.3 is 19.9 Å². The summed E-state index contributed by atoms with van der Waals surface area (Å²) in [6.45, 7) is 2.52. The number of aliphatic hydroxyl groups is 1. The molecule has 0 aliphatic carbocycles. The van der Waals surface area contributed by atoms with Crippen LogP contribution in [0.3, 0.4) is 0 Å². The van der Waals surface area contributed by atoms with Crippen LogP contribution in [0.1, 0.15) is 17.3 Å². The van der Waals surface area contributed by atoms with Gasteiger partial charge in [-0.25, -0.2) is 0 Å². The van der Waals surface area contributed by atoms with Crippen molar-refractivity contribution < 1.29 is 19.4 Å². The third kappa shape index (κ3) is 4.72. The Hall–Kier alpha value is -2.54. The molecule has 2 N–H and O–H groups in total. The highest BCUT2D eigenvalue weighted by Crippen LogP contribution is 2.28. The Kier molecular flexibility index (Phi) is 5.99. The standard InChI is InChI=1S/C16H21N3O4/c1-12(11-19-7-3-6-17-19)18-16(21)13-4-5-14(22-2)15(10-13)23-9-8-20/h3-7,10,12,20H,8-9,11H2,1-2H3,(H,18,21)/t12-/m1/s1. The first-order valence-electron chi connectivity index (χ1n) is 7.34. The highest BCUT2D eigenvalue weighted by molar-refractivity contribution is 5.95. The lowest BCUT2D eigenvalue weighted by Crippen LogP contribution is -2.35. The van der Waals surface area contributed by atoms with Crippen molar-refractivity contribution >= 4 is 5.91 Å². The first kappa shape index (κ1) is 16.8. The largest absolute Gasteiger partial charge is 0.493 e. The molecule has 0 saturated carbocycles. The van der Waals surface area contributed by atoms with Crippen LogP contribution in [0, 0.1) is 0 Å². The number of methoxy groups -OCH3 is 1. The molecular formula is C16H21N3O4. The van der Waals surface area contributed by atoms with Gasteiger partial charge in [0.15, 0.2) is 11.5 Å². The van der Waals surface area contributed by atoms with Crippen molar-refractivity contribution in [3.05, 3.63) is 42.2 Å². The number of nitrogens with zero attached hydrogens (tertiary/aromatic N) is 2.